The molecule has 1 amide bonds. The van der Waals surface area contributed by atoms with Gasteiger partial charge in [0.2, 0.25) is 0 Å². The van der Waals surface area contributed by atoms with Crippen molar-refractivity contribution in [2.45, 2.75) is 50.0 Å². The van der Waals surface area contributed by atoms with Crippen LogP contribution in [0, 0.1) is 6.92 Å². The van der Waals surface area contributed by atoms with Crippen LogP contribution in [0.2, 0.25) is 5.02 Å². The SMILES string of the molecule is CCOC(=O)c1[nH]cc2c1NC1=C(C(=O)CN(C(=O)OC(C)C)C1)C2c1ccc(Sc2nc3c(C)cc(Cl)cc3[nH]2)o1. The zero-order valence-electron chi connectivity index (χ0n) is 23.3. The first kappa shape index (κ1) is 28.0. The number of fused-ring (bicyclic) bond motifs is 2. The van der Waals surface area contributed by atoms with E-state index in [0.717, 1.165) is 16.6 Å². The molecular formula is C29H28ClN5O6S. The lowest BCUT2D eigenvalue weighted by molar-refractivity contribution is -0.117. The summed E-state index contributed by atoms with van der Waals surface area (Å²) in [6, 6.07) is 7.30. The fraction of sp³-hybridized carbons (Fsp3) is 0.310. The normalized spacial score (nSPS) is 16.5. The van der Waals surface area contributed by atoms with Gasteiger partial charge in [-0.25, -0.2) is 14.6 Å². The number of ether oxygens (including phenoxy) is 2. The molecule has 5 heterocycles. The minimum absolute atomic E-state index is 0.0965. The van der Waals surface area contributed by atoms with Gasteiger partial charge in [0, 0.05) is 28.1 Å². The number of Topliss-reactive ketones (excluding diaryl/α,β-unsaturated/α-hetero) is 1. The number of aromatic amines is 2. The summed E-state index contributed by atoms with van der Waals surface area (Å²) in [5.41, 5.74) is 4.89. The molecule has 3 N–H and O–H groups in total. The Hall–Kier alpha value is -4.16. The van der Waals surface area contributed by atoms with Crippen LogP contribution in [0.25, 0.3) is 11.0 Å². The van der Waals surface area contributed by atoms with E-state index in [1.165, 1.54) is 16.7 Å². The molecule has 218 valence electrons. The van der Waals surface area contributed by atoms with Gasteiger partial charge in [0.1, 0.15) is 11.5 Å². The number of rotatable bonds is 6. The molecule has 13 heteroatoms. The molecule has 1 unspecified atom stereocenters. The highest BCUT2D eigenvalue weighted by Crippen LogP contribution is 2.46. The van der Waals surface area contributed by atoms with Crippen LogP contribution in [0.5, 0.6) is 0 Å². The average Bonchev–Trinajstić information content (AvgIpc) is 3.66. The monoisotopic (exact) mass is 609 g/mol. The smallest absolute Gasteiger partial charge is 0.410 e. The highest BCUT2D eigenvalue weighted by atomic mass is 35.5. The predicted molar refractivity (Wildman–Crippen MR) is 156 cm³/mol. The number of anilines is 1. The third-order valence-electron chi connectivity index (χ3n) is 6.97. The number of ketones is 1. The maximum Gasteiger partial charge on any atom is 0.410 e. The lowest BCUT2D eigenvalue weighted by atomic mass is 9.81. The third-order valence-corrected chi connectivity index (χ3v) is 8.00. The zero-order valence-corrected chi connectivity index (χ0v) is 24.9. The second-order valence-corrected chi connectivity index (χ2v) is 11.7. The maximum atomic E-state index is 13.6. The van der Waals surface area contributed by atoms with E-state index in [2.05, 4.69) is 20.3 Å². The van der Waals surface area contributed by atoms with Crippen molar-refractivity contribution in [3.8, 4) is 0 Å². The Kier molecular flexibility index (Phi) is 7.27. The Bertz CT molecular complexity index is 1770. The third kappa shape index (κ3) is 5.05. The Morgan fingerprint density at radius 2 is 2.07 bits per heavy atom. The number of carbonyl (C=O) groups is 3. The van der Waals surface area contributed by atoms with Gasteiger partial charge in [-0.05, 0) is 69.3 Å². The topological polar surface area (TPSA) is 143 Å². The summed E-state index contributed by atoms with van der Waals surface area (Å²) >= 11 is 7.52. The first-order chi connectivity index (χ1) is 20.1. The standard InChI is InChI=1S/C29H28ClN5O6S/c1-5-39-27(37)26-25-16(10-31-26)22(23-18(32-25)11-35(12-19(23)36)29(38)40-13(2)3)20-6-7-21(41-20)42-28-33-17-9-15(30)8-14(4)24(17)34-28/h6-10,13,22,31-32H,5,11-12H2,1-4H3,(H,33,34). The highest BCUT2D eigenvalue weighted by molar-refractivity contribution is 7.99. The molecule has 0 saturated heterocycles. The van der Waals surface area contributed by atoms with Crippen LogP contribution in [-0.2, 0) is 14.3 Å². The summed E-state index contributed by atoms with van der Waals surface area (Å²) in [6.07, 6.45) is 0.748. The van der Waals surface area contributed by atoms with E-state index >= 15 is 0 Å². The molecule has 1 aromatic carbocycles. The summed E-state index contributed by atoms with van der Waals surface area (Å²) in [4.78, 5) is 51.3. The largest absolute Gasteiger partial charge is 0.461 e. The Morgan fingerprint density at radius 1 is 1.26 bits per heavy atom. The minimum Gasteiger partial charge on any atom is -0.461 e. The highest BCUT2D eigenvalue weighted by Gasteiger charge is 2.42. The van der Waals surface area contributed by atoms with E-state index in [4.69, 9.17) is 25.5 Å². The van der Waals surface area contributed by atoms with Crippen LogP contribution in [0.15, 0.2) is 56.4 Å². The molecular weight excluding hydrogens is 582 g/mol. The first-order valence-corrected chi connectivity index (χ1v) is 14.6. The van der Waals surface area contributed by atoms with Crippen molar-refractivity contribution < 1.29 is 28.3 Å². The molecule has 6 rings (SSSR count). The molecule has 0 radical (unpaired) electrons. The number of nitrogens with one attached hydrogen (secondary N) is 3. The number of benzene rings is 1. The summed E-state index contributed by atoms with van der Waals surface area (Å²) < 4.78 is 16.9. The van der Waals surface area contributed by atoms with E-state index in [1.54, 1.807) is 33.0 Å². The average molecular weight is 610 g/mol. The van der Waals surface area contributed by atoms with Crippen molar-refractivity contribution in [2.75, 3.05) is 25.0 Å². The molecule has 42 heavy (non-hydrogen) atoms. The van der Waals surface area contributed by atoms with Crippen molar-refractivity contribution in [3.63, 3.8) is 0 Å². The number of esters is 1. The zero-order chi connectivity index (χ0) is 29.7. The lowest BCUT2D eigenvalue weighted by Gasteiger charge is -2.36. The fourth-order valence-corrected chi connectivity index (χ4v) is 6.32. The molecule has 0 fully saturated rings. The molecule has 2 aliphatic rings. The first-order valence-electron chi connectivity index (χ1n) is 13.4. The van der Waals surface area contributed by atoms with E-state index in [9.17, 15) is 14.4 Å². The summed E-state index contributed by atoms with van der Waals surface area (Å²) in [5.74, 6) is -0.918. The van der Waals surface area contributed by atoms with E-state index in [-0.39, 0.29) is 37.3 Å². The minimum atomic E-state index is -0.627. The van der Waals surface area contributed by atoms with E-state index < -0.39 is 18.0 Å². The Labute approximate surface area is 250 Å². The molecule has 0 spiro atoms. The molecule has 0 bridgehead atoms. The van der Waals surface area contributed by atoms with Crippen LogP contribution in [0.3, 0.4) is 0 Å². The van der Waals surface area contributed by atoms with Gasteiger partial charge in [-0.1, -0.05) is 11.6 Å². The predicted octanol–water partition coefficient (Wildman–Crippen LogP) is 6.01. The molecule has 4 aromatic rings. The number of amides is 1. The van der Waals surface area contributed by atoms with Gasteiger partial charge < -0.3 is 29.2 Å². The van der Waals surface area contributed by atoms with Crippen LogP contribution in [0.1, 0.15) is 54.1 Å². The van der Waals surface area contributed by atoms with Gasteiger partial charge in [0.25, 0.3) is 0 Å². The Balaban J connectivity index is 1.37. The lowest BCUT2D eigenvalue weighted by Crippen LogP contribution is -2.46. The van der Waals surface area contributed by atoms with Gasteiger partial charge in [-0.15, -0.1) is 0 Å². The number of H-pyrrole nitrogens is 2. The number of halogens is 1. The van der Waals surface area contributed by atoms with Gasteiger partial charge in [-0.2, -0.15) is 0 Å². The van der Waals surface area contributed by atoms with Crippen molar-refractivity contribution in [3.05, 3.63) is 69.3 Å². The van der Waals surface area contributed by atoms with Gasteiger partial charge >= 0.3 is 12.1 Å². The van der Waals surface area contributed by atoms with Crippen molar-refractivity contribution in [1.82, 2.24) is 19.9 Å². The molecule has 3 aromatic heterocycles. The maximum absolute atomic E-state index is 13.6. The number of aryl methyl sites for hydroxylation is 1. The number of carbonyl (C=O) groups excluding carboxylic acids is 3. The van der Waals surface area contributed by atoms with Gasteiger partial charge in [0.15, 0.2) is 16.0 Å². The molecule has 2 aliphatic heterocycles. The van der Waals surface area contributed by atoms with Gasteiger partial charge in [0.05, 0.1) is 48.4 Å². The Morgan fingerprint density at radius 3 is 2.83 bits per heavy atom. The number of aromatic nitrogens is 3. The van der Waals surface area contributed by atoms with Crippen molar-refractivity contribution >= 4 is 57.9 Å². The van der Waals surface area contributed by atoms with Crippen molar-refractivity contribution in [2.24, 2.45) is 0 Å². The molecule has 0 saturated carbocycles. The molecule has 1 atom stereocenters. The summed E-state index contributed by atoms with van der Waals surface area (Å²) in [7, 11) is 0. The van der Waals surface area contributed by atoms with Crippen LogP contribution in [-0.4, -0.2) is 63.5 Å². The molecule has 0 aliphatic carbocycles. The van der Waals surface area contributed by atoms with Crippen LogP contribution < -0.4 is 5.32 Å². The summed E-state index contributed by atoms with van der Waals surface area (Å²) in [6.45, 7) is 7.31. The fourth-order valence-electron chi connectivity index (χ4n) is 5.29. The number of nitrogens with zero attached hydrogens (tertiary/aromatic N) is 2. The van der Waals surface area contributed by atoms with Crippen LogP contribution >= 0.6 is 23.4 Å². The number of furan rings is 1. The second kappa shape index (κ2) is 10.9. The van der Waals surface area contributed by atoms with Crippen molar-refractivity contribution in [1.29, 1.82) is 0 Å². The number of hydrogen-bond acceptors (Lipinski definition) is 9. The quantitative estimate of drug-likeness (QED) is 0.224. The summed E-state index contributed by atoms with van der Waals surface area (Å²) in [5, 5.41) is 5.03. The van der Waals surface area contributed by atoms with E-state index in [1.807, 2.05) is 25.1 Å². The van der Waals surface area contributed by atoms with Crippen LogP contribution in [0.4, 0.5) is 10.5 Å². The second-order valence-electron chi connectivity index (χ2n) is 10.3. The number of hydrogen-bond donors (Lipinski definition) is 3. The number of imidazole rings is 1. The van der Waals surface area contributed by atoms with Gasteiger partial charge in [-0.3, -0.25) is 9.69 Å². The van der Waals surface area contributed by atoms with E-state index in [0.29, 0.717) is 43.6 Å². The molecule has 11 nitrogen and oxygen atoms in total.